The molecule has 0 fully saturated rings. The first-order valence-electron chi connectivity index (χ1n) is 5.65. The molecule has 18 heavy (non-hydrogen) atoms. The molecule has 2 aromatic heterocycles. The van der Waals surface area contributed by atoms with Crippen molar-refractivity contribution in [1.29, 1.82) is 0 Å². The SMILES string of the molecule is Cc1sc2c(c1C)C(c1cccs1)=NCC(=O)N2. The Morgan fingerprint density at radius 1 is 1.39 bits per heavy atom. The third-order valence-electron chi connectivity index (χ3n) is 3.01. The number of amides is 1. The molecule has 0 saturated heterocycles. The number of anilines is 1. The van der Waals surface area contributed by atoms with E-state index >= 15 is 0 Å². The van der Waals surface area contributed by atoms with Crippen molar-refractivity contribution in [2.45, 2.75) is 13.8 Å². The van der Waals surface area contributed by atoms with E-state index in [4.69, 9.17) is 0 Å². The first-order valence-corrected chi connectivity index (χ1v) is 7.35. The Bertz CT molecular complexity index is 638. The minimum absolute atomic E-state index is 0.0379. The fourth-order valence-electron chi connectivity index (χ4n) is 2.01. The number of aryl methyl sites for hydroxylation is 1. The highest BCUT2D eigenvalue weighted by Gasteiger charge is 2.23. The Balaban J connectivity index is 2.24. The number of nitrogens with zero attached hydrogens (tertiary/aromatic N) is 1. The summed E-state index contributed by atoms with van der Waals surface area (Å²) in [7, 11) is 0. The van der Waals surface area contributed by atoms with Crippen molar-refractivity contribution in [1.82, 2.24) is 0 Å². The minimum atomic E-state index is -0.0379. The number of carbonyl (C=O) groups excluding carboxylic acids is 1. The molecule has 0 unspecified atom stereocenters. The number of hydrogen-bond acceptors (Lipinski definition) is 4. The first-order chi connectivity index (χ1) is 8.66. The van der Waals surface area contributed by atoms with Gasteiger partial charge in [-0.2, -0.15) is 0 Å². The molecular weight excluding hydrogens is 264 g/mol. The third-order valence-corrected chi connectivity index (χ3v) is 5.01. The van der Waals surface area contributed by atoms with Crippen molar-refractivity contribution in [3.05, 3.63) is 38.4 Å². The van der Waals surface area contributed by atoms with E-state index in [1.54, 1.807) is 22.7 Å². The molecule has 1 N–H and O–H groups in total. The molecule has 0 radical (unpaired) electrons. The second-order valence-corrected chi connectivity index (χ2v) is 6.35. The van der Waals surface area contributed by atoms with Gasteiger partial charge < -0.3 is 5.32 Å². The van der Waals surface area contributed by atoms with Crippen molar-refractivity contribution in [2.75, 3.05) is 11.9 Å². The number of hydrogen-bond donors (Lipinski definition) is 1. The van der Waals surface area contributed by atoms with Gasteiger partial charge in [-0.1, -0.05) is 6.07 Å². The number of aliphatic imine (C=N–C) groups is 1. The van der Waals surface area contributed by atoms with Crippen LogP contribution in [0.25, 0.3) is 0 Å². The van der Waals surface area contributed by atoms with Gasteiger partial charge in [0.15, 0.2) is 0 Å². The van der Waals surface area contributed by atoms with Gasteiger partial charge in [0.1, 0.15) is 11.5 Å². The van der Waals surface area contributed by atoms with Crippen LogP contribution in [0.3, 0.4) is 0 Å². The minimum Gasteiger partial charge on any atom is -0.316 e. The van der Waals surface area contributed by atoms with E-state index in [-0.39, 0.29) is 12.5 Å². The lowest BCUT2D eigenvalue weighted by Gasteiger charge is -2.04. The number of fused-ring (bicyclic) bond motifs is 1. The standard InChI is InChI=1S/C13H12N2OS2/c1-7-8(2)18-13-11(7)12(9-4-3-5-17-9)14-6-10(16)15-13/h3-5H,6H2,1-2H3,(H,15,16). The zero-order valence-corrected chi connectivity index (χ0v) is 11.7. The molecule has 3 heterocycles. The molecule has 1 aliphatic heterocycles. The topological polar surface area (TPSA) is 41.5 Å². The Labute approximate surface area is 113 Å². The summed E-state index contributed by atoms with van der Waals surface area (Å²) in [6.45, 7) is 4.37. The van der Waals surface area contributed by atoms with Crippen LogP contribution < -0.4 is 5.32 Å². The smallest absolute Gasteiger partial charge is 0.246 e. The summed E-state index contributed by atoms with van der Waals surface area (Å²) in [6, 6.07) is 4.06. The van der Waals surface area contributed by atoms with E-state index < -0.39 is 0 Å². The average Bonchev–Trinajstić information content (AvgIpc) is 2.90. The lowest BCUT2D eigenvalue weighted by molar-refractivity contribution is -0.114. The van der Waals surface area contributed by atoms with Crippen LogP contribution in [0.1, 0.15) is 20.9 Å². The van der Waals surface area contributed by atoms with Crippen LogP contribution in [-0.4, -0.2) is 18.2 Å². The third kappa shape index (κ3) is 1.79. The highest BCUT2D eigenvalue weighted by atomic mass is 32.1. The van der Waals surface area contributed by atoms with Crippen LogP contribution in [0.15, 0.2) is 22.5 Å². The van der Waals surface area contributed by atoms with E-state index in [0.717, 1.165) is 21.2 Å². The van der Waals surface area contributed by atoms with Gasteiger partial charge in [0.25, 0.3) is 0 Å². The molecule has 1 amide bonds. The van der Waals surface area contributed by atoms with Gasteiger partial charge in [-0.15, -0.1) is 22.7 Å². The largest absolute Gasteiger partial charge is 0.316 e. The Morgan fingerprint density at radius 2 is 2.22 bits per heavy atom. The van der Waals surface area contributed by atoms with Gasteiger partial charge in [0.05, 0.1) is 10.6 Å². The molecule has 2 aromatic rings. The summed E-state index contributed by atoms with van der Waals surface area (Å²) < 4.78 is 0. The predicted molar refractivity (Wildman–Crippen MR) is 77.2 cm³/mol. The normalized spacial score (nSPS) is 14.8. The molecular formula is C13H12N2OS2. The second kappa shape index (κ2) is 4.33. The molecule has 1 aliphatic rings. The molecule has 3 nitrogen and oxygen atoms in total. The van der Waals surface area contributed by atoms with E-state index in [9.17, 15) is 4.79 Å². The summed E-state index contributed by atoms with van der Waals surface area (Å²) in [5.41, 5.74) is 3.25. The molecule has 0 spiro atoms. The van der Waals surface area contributed by atoms with Gasteiger partial charge in [-0.25, -0.2) is 0 Å². The van der Waals surface area contributed by atoms with Crippen molar-refractivity contribution in [3.8, 4) is 0 Å². The van der Waals surface area contributed by atoms with Crippen molar-refractivity contribution in [2.24, 2.45) is 4.99 Å². The van der Waals surface area contributed by atoms with Gasteiger partial charge in [0, 0.05) is 10.4 Å². The second-order valence-electron chi connectivity index (χ2n) is 4.18. The number of carbonyl (C=O) groups is 1. The molecule has 0 saturated carbocycles. The lowest BCUT2D eigenvalue weighted by Crippen LogP contribution is -2.12. The van der Waals surface area contributed by atoms with Crippen LogP contribution in [0.2, 0.25) is 0 Å². The Hall–Kier alpha value is -1.46. The van der Waals surface area contributed by atoms with E-state index in [1.807, 2.05) is 11.4 Å². The maximum atomic E-state index is 11.7. The van der Waals surface area contributed by atoms with Crippen LogP contribution in [-0.2, 0) is 4.79 Å². The summed E-state index contributed by atoms with van der Waals surface area (Å²) in [5, 5.41) is 5.91. The summed E-state index contributed by atoms with van der Waals surface area (Å²) >= 11 is 3.28. The number of nitrogens with one attached hydrogen (secondary N) is 1. The van der Waals surface area contributed by atoms with Crippen LogP contribution in [0.4, 0.5) is 5.00 Å². The van der Waals surface area contributed by atoms with Gasteiger partial charge in [-0.05, 0) is 30.9 Å². The highest BCUT2D eigenvalue weighted by molar-refractivity contribution is 7.17. The fourth-order valence-corrected chi connectivity index (χ4v) is 3.83. The van der Waals surface area contributed by atoms with Gasteiger partial charge in [0.2, 0.25) is 5.91 Å². The van der Waals surface area contributed by atoms with Crippen molar-refractivity contribution < 1.29 is 4.79 Å². The molecule has 0 aliphatic carbocycles. The quantitative estimate of drug-likeness (QED) is 0.853. The van der Waals surface area contributed by atoms with Crippen LogP contribution in [0.5, 0.6) is 0 Å². The zero-order chi connectivity index (χ0) is 12.7. The summed E-state index contributed by atoms with van der Waals surface area (Å²) in [4.78, 5) is 18.5. The monoisotopic (exact) mass is 276 g/mol. The van der Waals surface area contributed by atoms with Crippen molar-refractivity contribution in [3.63, 3.8) is 0 Å². The maximum Gasteiger partial charge on any atom is 0.246 e. The summed E-state index contributed by atoms with van der Waals surface area (Å²) in [5.74, 6) is -0.0379. The highest BCUT2D eigenvalue weighted by Crippen LogP contribution is 2.36. The van der Waals surface area contributed by atoms with Gasteiger partial charge in [-0.3, -0.25) is 9.79 Å². The van der Waals surface area contributed by atoms with Gasteiger partial charge >= 0.3 is 0 Å². The Morgan fingerprint density at radius 3 is 2.94 bits per heavy atom. The zero-order valence-electron chi connectivity index (χ0n) is 10.1. The summed E-state index contributed by atoms with van der Waals surface area (Å²) in [6.07, 6.45) is 0. The molecule has 92 valence electrons. The Kier molecular flexibility index (Phi) is 2.80. The number of thiophene rings is 2. The average molecular weight is 276 g/mol. The first kappa shape index (κ1) is 11.6. The van der Waals surface area contributed by atoms with E-state index in [0.29, 0.717) is 0 Å². The fraction of sp³-hybridized carbons (Fsp3) is 0.231. The van der Waals surface area contributed by atoms with Crippen LogP contribution in [0, 0.1) is 13.8 Å². The van der Waals surface area contributed by atoms with E-state index in [1.165, 1.54) is 10.4 Å². The van der Waals surface area contributed by atoms with Crippen molar-refractivity contribution >= 4 is 39.3 Å². The molecule has 0 bridgehead atoms. The lowest BCUT2D eigenvalue weighted by atomic mass is 10.1. The molecule has 5 heteroatoms. The maximum absolute atomic E-state index is 11.7. The number of rotatable bonds is 1. The molecule has 0 aromatic carbocycles. The predicted octanol–water partition coefficient (Wildman–Crippen LogP) is 3.22. The molecule has 3 rings (SSSR count). The van der Waals surface area contributed by atoms with E-state index in [2.05, 4.69) is 30.2 Å². The van der Waals surface area contributed by atoms with Crippen LogP contribution >= 0.6 is 22.7 Å². The molecule has 0 atom stereocenters.